The molecule has 126 valence electrons. The molecule has 11 heteroatoms. The summed E-state index contributed by atoms with van der Waals surface area (Å²) >= 11 is 6.30. The van der Waals surface area contributed by atoms with Crippen LogP contribution in [0.2, 0.25) is 5.02 Å². The van der Waals surface area contributed by atoms with E-state index in [-0.39, 0.29) is 0 Å². The predicted molar refractivity (Wildman–Crippen MR) is 76.0 cm³/mol. The maximum atomic E-state index is 9.87. The molecule has 1 aromatic carbocycles. The van der Waals surface area contributed by atoms with E-state index >= 15 is 0 Å². The third kappa shape index (κ3) is 11.9. The van der Waals surface area contributed by atoms with Crippen LogP contribution in [0.15, 0.2) is 43.0 Å². The van der Waals surface area contributed by atoms with E-state index in [1.54, 1.807) is 0 Å². The van der Waals surface area contributed by atoms with Gasteiger partial charge in [-0.1, -0.05) is 0 Å². The van der Waals surface area contributed by atoms with Gasteiger partial charge in [-0.3, -0.25) is 0 Å². The summed E-state index contributed by atoms with van der Waals surface area (Å²) in [5.41, 5.74) is 1.06. The molecule has 1 aromatic heterocycles. The number of aromatic nitrogens is 2. The first kappa shape index (κ1) is 19.3. The van der Waals surface area contributed by atoms with E-state index in [1.165, 1.54) is 4.46 Å². The van der Waals surface area contributed by atoms with E-state index in [2.05, 4.69) is 40.0 Å². The van der Waals surface area contributed by atoms with Crippen molar-refractivity contribution in [1.29, 1.82) is 0 Å². The quantitative estimate of drug-likeness (QED) is 0.296. The van der Waals surface area contributed by atoms with Gasteiger partial charge in [0.2, 0.25) is 0 Å². The maximum absolute atomic E-state index is 10.7. The molecule has 0 N–H and O–H groups in total. The molecular weight excluding hydrogens is 420 g/mol. The zero-order chi connectivity index (χ0) is 17.1. The van der Waals surface area contributed by atoms with E-state index in [0.29, 0.717) is 15.0 Å². The number of hydrogen-bond acceptors (Lipinski definition) is 0. The van der Waals surface area contributed by atoms with Crippen molar-refractivity contribution in [3.05, 3.63) is 48.0 Å². The molecule has 0 spiro atoms. The Kier molecular flexibility index (Phi) is 5.30. The zero-order valence-corrected chi connectivity index (χ0v) is 14.5. The van der Waals surface area contributed by atoms with Crippen LogP contribution in [0.3, 0.4) is 0 Å². The SMILES string of the molecule is C[n+]1ccn(C[Se]c2ccc(Cl)cc2)c1.F[P-](F)(F)(F)(F)F. The summed E-state index contributed by atoms with van der Waals surface area (Å²) in [6.07, 6.45) is 6.24. The van der Waals surface area contributed by atoms with Gasteiger partial charge in [-0.15, -0.1) is 0 Å². The van der Waals surface area contributed by atoms with Crippen molar-refractivity contribution in [3.63, 3.8) is 0 Å². The molecule has 0 radical (unpaired) electrons. The van der Waals surface area contributed by atoms with Gasteiger partial charge in [-0.2, -0.15) is 0 Å². The molecule has 1 heterocycles. The second-order valence-electron chi connectivity index (χ2n) is 4.28. The molecule has 0 aliphatic heterocycles. The van der Waals surface area contributed by atoms with Crippen LogP contribution in [0.1, 0.15) is 0 Å². The third-order valence-corrected chi connectivity index (χ3v) is 4.44. The molecule has 0 aliphatic carbocycles. The van der Waals surface area contributed by atoms with Crippen molar-refractivity contribution in [2.24, 2.45) is 7.05 Å². The molecule has 2 nitrogen and oxygen atoms in total. The summed E-state index contributed by atoms with van der Waals surface area (Å²) in [7, 11) is -8.62. The molecule has 2 rings (SSSR count). The van der Waals surface area contributed by atoms with E-state index in [1.807, 2.05) is 19.2 Å². The van der Waals surface area contributed by atoms with Gasteiger partial charge in [0, 0.05) is 0 Å². The summed E-state index contributed by atoms with van der Waals surface area (Å²) in [5.74, 6) is 0. The first-order valence-electron chi connectivity index (χ1n) is 5.65. The van der Waals surface area contributed by atoms with Crippen molar-refractivity contribution in [2.45, 2.75) is 5.44 Å². The van der Waals surface area contributed by atoms with Crippen LogP contribution in [-0.2, 0) is 12.5 Å². The minimum atomic E-state index is -10.7. The van der Waals surface area contributed by atoms with Crippen molar-refractivity contribution in [2.75, 3.05) is 0 Å². The topological polar surface area (TPSA) is 8.81 Å². The summed E-state index contributed by atoms with van der Waals surface area (Å²) in [6.45, 7) is 0. The van der Waals surface area contributed by atoms with Crippen molar-refractivity contribution in [3.8, 4) is 0 Å². The molecule has 0 saturated heterocycles. The molecule has 22 heavy (non-hydrogen) atoms. The van der Waals surface area contributed by atoms with Crippen LogP contribution in [0, 0.1) is 0 Å². The van der Waals surface area contributed by atoms with Crippen LogP contribution in [0.4, 0.5) is 25.2 Å². The van der Waals surface area contributed by atoms with Gasteiger partial charge in [0.15, 0.2) is 0 Å². The van der Waals surface area contributed by atoms with Gasteiger partial charge in [-0.05, 0) is 0 Å². The van der Waals surface area contributed by atoms with E-state index < -0.39 is 7.81 Å². The van der Waals surface area contributed by atoms with Crippen LogP contribution in [0.25, 0.3) is 0 Å². The van der Waals surface area contributed by atoms with Gasteiger partial charge in [-0.25, -0.2) is 0 Å². The van der Waals surface area contributed by atoms with Gasteiger partial charge >= 0.3 is 134 Å². The van der Waals surface area contributed by atoms with E-state index in [9.17, 15) is 25.2 Å². The van der Waals surface area contributed by atoms with Crippen molar-refractivity contribution < 1.29 is 29.7 Å². The van der Waals surface area contributed by atoms with E-state index in [0.717, 1.165) is 10.5 Å². The Hall–Kier alpha value is -0.751. The fourth-order valence-corrected chi connectivity index (χ4v) is 3.02. The fraction of sp³-hybridized carbons (Fsp3) is 0.182. The number of hydrogen-bond donors (Lipinski definition) is 0. The Morgan fingerprint density at radius 3 is 2.00 bits per heavy atom. The van der Waals surface area contributed by atoms with Crippen molar-refractivity contribution in [1.82, 2.24) is 4.57 Å². The monoisotopic (exact) mass is 432 g/mol. The number of aryl methyl sites for hydroxylation is 1. The van der Waals surface area contributed by atoms with Gasteiger partial charge in [0.25, 0.3) is 0 Å². The molecule has 0 unspecified atom stereocenters. The fourth-order valence-electron chi connectivity index (χ4n) is 1.26. The molecule has 2 aromatic rings. The first-order valence-corrected chi connectivity index (χ1v) is 10.1. The third-order valence-electron chi connectivity index (χ3n) is 2.02. The average Bonchev–Trinajstić information content (AvgIpc) is 2.70. The summed E-state index contributed by atoms with van der Waals surface area (Å²) < 4.78 is 64.8. The number of benzene rings is 1. The Morgan fingerprint density at radius 2 is 1.59 bits per heavy atom. The van der Waals surface area contributed by atoms with Crippen LogP contribution < -0.4 is 9.03 Å². The molecule has 0 atom stereocenters. The van der Waals surface area contributed by atoms with Crippen LogP contribution >= 0.6 is 19.4 Å². The molecule has 0 amide bonds. The summed E-state index contributed by atoms with van der Waals surface area (Å²) in [5, 5.41) is 0.807. The van der Waals surface area contributed by atoms with E-state index in [4.69, 9.17) is 11.6 Å². The Labute approximate surface area is 134 Å². The molecule has 0 fully saturated rings. The molecule has 0 bridgehead atoms. The van der Waals surface area contributed by atoms with Crippen LogP contribution in [-0.4, -0.2) is 19.5 Å². The predicted octanol–water partition coefficient (Wildman–Crippen LogP) is 4.34. The zero-order valence-electron chi connectivity index (χ0n) is 11.1. The number of nitrogens with zero attached hydrogens (tertiary/aromatic N) is 2. The van der Waals surface area contributed by atoms with Crippen LogP contribution in [0.5, 0.6) is 0 Å². The molecule has 0 saturated carbocycles. The Morgan fingerprint density at radius 1 is 1.09 bits per heavy atom. The summed E-state index contributed by atoms with van der Waals surface area (Å²) in [6, 6.07) is 8.11. The van der Waals surface area contributed by atoms with Crippen molar-refractivity contribution >= 4 is 38.8 Å². The average molecular weight is 432 g/mol. The van der Waals surface area contributed by atoms with Gasteiger partial charge in [0.1, 0.15) is 0 Å². The molecule has 0 aliphatic rings. The second-order valence-corrected chi connectivity index (χ2v) is 8.77. The van der Waals surface area contributed by atoms with Gasteiger partial charge < -0.3 is 0 Å². The normalized spacial score (nSPS) is 14.5. The minimum absolute atomic E-state index is 0.469. The standard InChI is InChI=1S/C11H12ClN2Se.F6P/c1-13-6-7-14(8-13)9-15-11-4-2-10(12)3-5-11;1-7(2,3,4,5)6/h2-8H,9H2,1H3;/q+1;-1. The number of halogens is 7. The number of rotatable bonds is 3. The molecular formula is C11H12ClF6N2PSe. The Bertz CT molecular complexity index is 614. The second kappa shape index (κ2) is 6.04. The summed E-state index contributed by atoms with van der Waals surface area (Å²) in [4.78, 5) is 0. The Balaban J connectivity index is 0.000000295. The first-order chi connectivity index (χ1) is 9.69. The van der Waals surface area contributed by atoms with Gasteiger partial charge in [0.05, 0.1) is 0 Å². The number of imidazole rings is 1.